The van der Waals surface area contributed by atoms with E-state index in [1.54, 1.807) is 30.3 Å². The van der Waals surface area contributed by atoms with Crippen molar-refractivity contribution < 1.29 is 28.6 Å². The van der Waals surface area contributed by atoms with Crippen LogP contribution >= 0.6 is 23.4 Å². The number of β-amino-alcohol motifs (C(OH)–C–C–N with tert-alkyl or cyclic N) is 1. The summed E-state index contributed by atoms with van der Waals surface area (Å²) >= 11 is 6.78. The van der Waals surface area contributed by atoms with E-state index in [0.717, 1.165) is 47.4 Å². The molecule has 3 heterocycles. The Labute approximate surface area is 275 Å². The highest BCUT2D eigenvalue weighted by Gasteiger charge is 2.37. The molecule has 2 fully saturated rings. The van der Waals surface area contributed by atoms with Crippen LogP contribution in [0.5, 0.6) is 0 Å². The zero-order chi connectivity index (χ0) is 32.8. The summed E-state index contributed by atoms with van der Waals surface area (Å²) in [4.78, 5) is 36.9. The first-order valence-electron chi connectivity index (χ1n) is 14.8. The van der Waals surface area contributed by atoms with E-state index in [9.17, 15) is 28.6 Å². The fourth-order valence-electron chi connectivity index (χ4n) is 5.64. The van der Waals surface area contributed by atoms with Gasteiger partial charge in [-0.3, -0.25) is 24.3 Å². The summed E-state index contributed by atoms with van der Waals surface area (Å²) in [5, 5.41) is 26.5. The normalized spacial score (nSPS) is 19.4. The topological polar surface area (TPSA) is 118 Å². The molecule has 2 aliphatic heterocycles. The monoisotopic (exact) mass is 675 g/mol. The second-order valence-electron chi connectivity index (χ2n) is 11.6. The van der Waals surface area contributed by atoms with Crippen LogP contribution in [0.1, 0.15) is 11.1 Å². The number of hydrogen-bond donors (Lipinski definition) is 2. The Hall–Kier alpha value is -3.24. The molecule has 3 aromatic rings. The second kappa shape index (κ2) is 15.1. The number of hydrogen-bond acceptors (Lipinski definition) is 10. The molecule has 11 nitrogen and oxygen atoms in total. The van der Waals surface area contributed by atoms with E-state index in [1.807, 2.05) is 11.9 Å². The number of amides is 2. The van der Waals surface area contributed by atoms with Gasteiger partial charge in [-0.1, -0.05) is 29.8 Å². The number of aliphatic hydroxyl groups excluding tert-OH is 1. The highest BCUT2D eigenvalue weighted by Crippen LogP contribution is 2.32. The molecular weight excluding hydrogens is 640 g/mol. The number of benzene rings is 2. The molecule has 5 rings (SSSR count). The summed E-state index contributed by atoms with van der Waals surface area (Å²) in [6.45, 7) is 4.38. The Balaban J connectivity index is 1.07. The molecule has 246 valence electrons. The van der Waals surface area contributed by atoms with Gasteiger partial charge in [0, 0.05) is 69.0 Å². The van der Waals surface area contributed by atoms with Crippen molar-refractivity contribution in [1.82, 2.24) is 34.4 Å². The Morgan fingerprint density at radius 1 is 1.09 bits per heavy atom. The van der Waals surface area contributed by atoms with Crippen LogP contribution in [-0.4, -0.2) is 128 Å². The van der Waals surface area contributed by atoms with Crippen molar-refractivity contribution >= 4 is 40.6 Å². The minimum Gasteiger partial charge on any atom is -0.390 e. The largest absolute Gasteiger partial charge is 0.390 e. The minimum absolute atomic E-state index is 0.0202. The van der Waals surface area contributed by atoms with E-state index in [-0.39, 0.29) is 25.2 Å². The fourth-order valence-corrected chi connectivity index (χ4v) is 6.61. The molecule has 2 unspecified atom stereocenters. The van der Waals surface area contributed by atoms with Gasteiger partial charge in [0.2, 0.25) is 0 Å². The fraction of sp³-hybridized carbons (Fsp3) is 0.419. The predicted molar refractivity (Wildman–Crippen MR) is 171 cm³/mol. The molecule has 2 aliphatic rings. The van der Waals surface area contributed by atoms with Gasteiger partial charge in [-0.05, 0) is 48.6 Å². The van der Waals surface area contributed by atoms with Gasteiger partial charge in [-0.2, -0.15) is 5.10 Å². The van der Waals surface area contributed by atoms with Crippen LogP contribution in [0.3, 0.4) is 0 Å². The molecule has 2 saturated heterocycles. The van der Waals surface area contributed by atoms with Crippen LogP contribution in [0.2, 0.25) is 5.02 Å². The summed E-state index contributed by atoms with van der Waals surface area (Å²) in [5.41, 5.74) is -0.949. The van der Waals surface area contributed by atoms with E-state index >= 15 is 0 Å². The quantitative estimate of drug-likeness (QED) is 0.262. The van der Waals surface area contributed by atoms with Gasteiger partial charge in [0.25, 0.3) is 11.1 Å². The number of imide groups is 1. The number of likely N-dealkylation sites (N-methyl/N-ethyl adjacent to an activating group) is 1. The molecule has 0 saturated carbocycles. The summed E-state index contributed by atoms with van der Waals surface area (Å²) in [5.74, 6) is -1.98. The number of aromatic nitrogens is 3. The lowest BCUT2D eigenvalue weighted by Crippen LogP contribution is -2.52. The molecule has 46 heavy (non-hydrogen) atoms. The van der Waals surface area contributed by atoms with E-state index in [2.05, 4.69) is 19.9 Å². The van der Waals surface area contributed by atoms with Crippen LogP contribution in [0.15, 0.2) is 60.0 Å². The number of aliphatic hydroxyl groups is 2. The van der Waals surface area contributed by atoms with Crippen molar-refractivity contribution in [2.45, 2.75) is 18.2 Å². The maximum absolute atomic E-state index is 14.8. The van der Waals surface area contributed by atoms with Crippen molar-refractivity contribution in [2.75, 3.05) is 66.0 Å². The lowest BCUT2D eigenvalue weighted by Gasteiger charge is -2.37. The average Bonchev–Trinajstić information content (AvgIpc) is 3.61. The van der Waals surface area contributed by atoms with Gasteiger partial charge in [0.15, 0.2) is 0 Å². The van der Waals surface area contributed by atoms with Gasteiger partial charge in [-0.25, -0.2) is 18.4 Å². The van der Waals surface area contributed by atoms with Crippen LogP contribution in [0, 0.1) is 11.6 Å². The van der Waals surface area contributed by atoms with Crippen molar-refractivity contribution in [3.05, 3.63) is 87.8 Å². The van der Waals surface area contributed by atoms with Crippen LogP contribution < -0.4 is 0 Å². The molecule has 1 aromatic heterocycles. The maximum atomic E-state index is 14.8. The van der Waals surface area contributed by atoms with Crippen LogP contribution in [0.4, 0.5) is 13.6 Å². The molecule has 0 aliphatic carbocycles. The maximum Gasteiger partial charge on any atom is 0.293 e. The average molecular weight is 676 g/mol. The van der Waals surface area contributed by atoms with Crippen molar-refractivity contribution in [1.29, 1.82) is 0 Å². The number of carbonyl (C=O) groups excluding carboxylic acids is 2. The van der Waals surface area contributed by atoms with E-state index < -0.39 is 34.5 Å². The lowest BCUT2D eigenvalue weighted by molar-refractivity contribution is -0.123. The first-order chi connectivity index (χ1) is 22.0. The Morgan fingerprint density at radius 2 is 1.80 bits per heavy atom. The van der Waals surface area contributed by atoms with Crippen molar-refractivity contribution in [3.63, 3.8) is 0 Å². The standard InChI is InChI=1S/C31H36ClF2N7O4S/c1-37(18-31(45,19-40-21-35-20-36-40)26-7-6-24(33)15-27(26)34)8-9-38-10-12-39(13-11-38)16-25(42)17-41-29(43)28(46-30(41)44)14-22-2-4-23(32)5-3-22/h2-7,14-15,20-21,25,42,45H,8-13,16-19H2,1H3/b28-14-. The van der Waals surface area contributed by atoms with E-state index in [1.165, 1.54) is 23.4 Å². The number of rotatable bonds is 13. The highest BCUT2D eigenvalue weighted by molar-refractivity contribution is 8.18. The Kier molecular flexibility index (Phi) is 11.2. The number of carbonyl (C=O) groups is 2. The van der Waals surface area contributed by atoms with Gasteiger partial charge in [-0.15, -0.1) is 0 Å². The number of nitrogens with zero attached hydrogens (tertiary/aromatic N) is 7. The van der Waals surface area contributed by atoms with Gasteiger partial charge in [0.1, 0.15) is 29.9 Å². The van der Waals surface area contributed by atoms with Crippen LogP contribution in [-0.2, 0) is 16.9 Å². The smallest absolute Gasteiger partial charge is 0.293 e. The molecule has 2 amide bonds. The molecule has 2 atom stereocenters. The second-order valence-corrected chi connectivity index (χ2v) is 13.1. The lowest BCUT2D eigenvalue weighted by atomic mass is 9.92. The summed E-state index contributed by atoms with van der Waals surface area (Å²) in [6, 6.07) is 10.1. The molecule has 2 aromatic carbocycles. The van der Waals surface area contributed by atoms with Gasteiger partial charge < -0.3 is 15.1 Å². The Bertz CT molecular complexity index is 1540. The molecular formula is C31H36ClF2N7O4S. The molecule has 15 heteroatoms. The third-order valence-corrected chi connectivity index (χ3v) is 9.18. The number of halogens is 3. The van der Waals surface area contributed by atoms with Crippen LogP contribution in [0.25, 0.3) is 6.08 Å². The summed E-state index contributed by atoms with van der Waals surface area (Å²) in [6.07, 6.45) is 3.50. The molecule has 0 spiro atoms. The van der Waals surface area contributed by atoms with Gasteiger partial charge >= 0.3 is 0 Å². The number of piperazine rings is 1. The zero-order valence-electron chi connectivity index (χ0n) is 25.3. The third-order valence-electron chi connectivity index (χ3n) is 8.02. The predicted octanol–water partition coefficient (Wildman–Crippen LogP) is 2.74. The SMILES string of the molecule is CN(CCN1CCN(CC(O)CN2C(=O)S/C(=C\c3ccc(Cl)cc3)C2=O)CC1)CC(O)(Cn1cncn1)c1ccc(F)cc1F. The molecule has 0 radical (unpaired) electrons. The van der Waals surface area contributed by atoms with Crippen molar-refractivity contribution in [3.8, 4) is 0 Å². The van der Waals surface area contributed by atoms with Crippen molar-refractivity contribution in [2.24, 2.45) is 0 Å². The first kappa shape index (κ1) is 34.1. The minimum atomic E-state index is -1.68. The molecule has 2 N–H and O–H groups in total. The zero-order valence-corrected chi connectivity index (χ0v) is 26.9. The summed E-state index contributed by atoms with van der Waals surface area (Å²) < 4.78 is 29.8. The van der Waals surface area contributed by atoms with Gasteiger partial charge in [0.05, 0.1) is 24.1 Å². The number of thioether (sulfide) groups is 1. The first-order valence-corrected chi connectivity index (χ1v) is 16.0. The highest BCUT2D eigenvalue weighted by atomic mass is 35.5. The third kappa shape index (κ3) is 8.76. The van der Waals surface area contributed by atoms with E-state index in [4.69, 9.17) is 11.6 Å². The Morgan fingerprint density at radius 3 is 2.48 bits per heavy atom. The molecule has 0 bridgehead atoms. The summed E-state index contributed by atoms with van der Waals surface area (Å²) in [7, 11) is 1.83. The van der Waals surface area contributed by atoms with E-state index in [0.29, 0.717) is 42.7 Å².